The summed E-state index contributed by atoms with van der Waals surface area (Å²) in [6, 6.07) is 3.89. The molecule has 0 aromatic heterocycles. The lowest BCUT2D eigenvalue weighted by atomic mass is 9.73. The van der Waals surface area contributed by atoms with Crippen LogP contribution < -0.4 is 11.1 Å². The molecule has 4 heteroatoms. The van der Waals surface area contributed by atoms with Gasteiger partial charge in [-0.25, -0.2) is 0 Å². The molecule has 2 rings (SSSR count). The Kier molecular flexibility index (Phi) is 3.98. The number of hydrogen-bond acceptors (Lipinski definition) is 2. The highest BCUT2D eigenvalue weighted by molar-refractivity contribution is 6.39. The quantitative estimate of drug-likeness (QED) is 0.755. The van der Waals surface area contributed by atoms with Crippen LogP contribution in [-0.2, 0) is 0 Å². The number of halogens is 2. The summed E-state index contributed by atoms with van der Waals surface area (Å²) in [5, 5.41) is 4.71. The first-order chi connectivity index (χ1) is 8.40. The van der Waals surface area contributed by atoms with Crippen molar-refractivity contribution in [3.05, 3.63) is 22.2 Å². The smallest absolute Gasteiger partial charge is 0.0722 e. The van der Waals surface area contributed by atoms with Gasteiger partial charge in [0.1, 0.15) is 0 Å². The largest absolute Gasteiger partial charge is 0.399 e. The summed E-state index contributed by atoms with van der Waals surface area (Å²) >= 11 is 12.4. The molecule has 1 aromatic rings. The third-order valence-electron chi connectivity index (χ3n) is 3.89. The first kappa shape index (κ1) is 13.8. The van der Waals surface area contributed by atoms with Crippen molar-refractivity contribution in [2.45, 2.75) is 45.6 Å². The summed E-state index contributed by atoms with van der Waals surface area (Å²) in [4.78, 5) is 0. The maximum Gasteiger partial charge on any atom is 0.0722 e. The zero-order valence-corrected chi connectivity index (χ0v) is 12.4. The van der Waals surface area contributed by atoms with Crippen molar-refractivity contribution < 1.29 is 0 Å². The van der Waals surface area contributed by atoms with E-state index >= 15 is 0 Å². The van der Waals surface area contributed by atoms with Crippen molar-refractivity contribution in [2.24, 2.45) is 5.41 Å². The van der Waals surface area contributed by atoms with E-state index in [4.69, 9.17) is 28.9 Å². The molecule has 0 radical (unpaired) electrons. The van der Waals surface area contributed by atoms with Crippen LogP contribution >= 0.6 is 23.2 Å². The van der Waals surface area contributed by atoms with E-state index in [9.17, 15) is 0 Å². The number of rotatable bonds is 2. The molecule has 100 valence electrons. The number of anilines is 2. The van der Waals surface area contributed by atoms with Gasteiger partial charge in [0.15, 0.2) is 0 Å². The number of hydrogen-bond donors (Lipinski definition) is 2. The Morgan fingerprint density at radius 2 is 1.83 bits per heavy atom. The molecule has 0 heterocycles. The van der Waals surface area contributed by atoms with Gasteiger partial charge in [0.05, 0.1) is 15.7 Å². The van der Waals surface area contributed by atoms with Crippen LogP contribution in [0.25, 0.3) is 0 Å². The molecule has 1 aliphatic carbocycles. The summed E-state index contributed by atoms with van der Waals surface area (Å²) in [6.07, 6.45) is 4.94. The molecule has 18 heavy (non-hydrogen) atoms. The van der Waals surface area contributed by atoms with E-state index in [1.54, 1.807) is 12.1 Å². The number of nitrogen functional groups attached to an aromatic ring is 1. The average molecular weight is 287 g/mol. The standard InChI is InChI=1S/C14H20Cl2N2/c1-14(2)6-4-3-5-12(14)18-13-10(15)7-9(17)8-11(13)16/h7-8,12,18H,3-6,17H2,1-2H3. The zero-order chi connectivity index (χ0) is 13.3. The molecule has 0 aliphatic heterocycles. The van der Waals surface area contributed by atoms with Gasteiger partial charge in [-0.05, 0) is 30.4 Å². The highest BCUT2D eigenvalue weighted by Crippen LogP contribution is 2.40. The lowest BCUT2D eigenvalue weighted by Crippen LogP contribution is -2.39. The van der Waals surface area contributed by atoms with Crippen molar-refractivity contribution >= 4 is 34.6 Å². The third-order valence-corrected chi connectivity index (χ3v) is 4.49. The highest BCUT2D eigenvalue weighted by atomic mass is 35.5. The Balaban J connectivity index is 2.23. The molecule has 3 N–H and O–H groups in total. The van der Waals surface area contributed by atoms with Crippen LogP contribution in [0.5, 0.6) is 0 Å². The van der Waals surface area contributed by atoms with E-state index in [-0.39, 0.29) is 5.41 Å². The second-order valence-corrected chi connectivity index (χ2v) is 6.61. The van der Waals surface area contributed by atoms with Crippen LogP contribution in [0.15, 0.2) is 12.1 Å². The summed E-state index contributed by atoms with van der Waals surface area (Å²) in [5.41, 5.74) is 7.40. The SMILES string of the molecule is CC1(C)CCCCC1Nc1c(Cl)cc(N)cc1Cl. The molecule has 1 atom stereocenters. The van der Waals surface area contributed by atoms with Crippen molar-refractivity contribution in [3.8, 4) is 0 Å². The van der Waals surface area contributed by atoms with E-state index in [0.29, 0.717) is 21.8 Å². The number of nitrogens with two attached hydrogens (primary N) is 1. The molecule has 2 nitrogen and oxygen atoms in total. The van der Waals surface area contributed by atoms with Crippen molar-refractivity contribution in [1.82, 2.24) is 0 Å². The van der Waals surface area contributed by atoms with Crippen LogP contribution in [0.1, 0.15) is 39.5 Å². The fraction of sp³-hybridized carbons (Fsp3) is 0.571. The normalized spacial score (nSPS) is 22.8. The van der Waals surface area contributed by atoms with Crippen LogP contribution in [0.3, 0.4) is 0 Å². The second-order valence-electron chi connectivity index (χ2n) is 5.79. The minimum Gasteiger partial charge on any atom is -0.399 e. The van der Waals surface area contributed by atoms with Crippen molar-refractivity contribution in [2.75, 3.05) is 11.1 Å². The molecule has 1 unspecified atom stereocenters. The first-order valence-electron chi connectivity index (χ1n) is 6.41. The summed E-state index contributed by atoms with van der Waals surface area (Å²) in [6.45, 7) is 4.59. The molecule has 1 aliphatic rings. The highest BCUT2D eigenvalue weighted by Gasteiger charge is 2.32. The van der Waals surface area contributed by atoms with Gasteiger partial charge in [0, 0.05) is 11.7 Å². The van der Waals surface area contributed by atoms with Gasteiger partial charge in [-0.2, -0.15) is 0 Å². The Morgan fingerprint density at radius 1 is 1.22 bits per heavy atom. The van der Waals surface area contributed by atoms with E-state index in [2.05, 4.69) is 19.2 Å². The van der Waals surface area contributed by atoms with Crippen molar-refractivity contribution in [3.63, 3.8) is 0 Å². The van der Waals surface area contributed by atoms with E-state index in [0.717, 1.165) is 12.1 Å². The fourth-order valence-electron chi connectivity index (χ4n) is 2.67. The molecule has 1 saturated carbocycles. The Hall–Kier alpha value is -0.600. The van der Waals surface area contributed by atoms with Crippen LogP contribution in [0.4, 0.5) is 11.4 Å². The predicted octanol–water partition coefficient (Wildman–Crippen LogP) is 4.96. The second kappa shape index (κ2) is 5.18. The van der Waals surface area contributed by atoms with Crippen LogP contribution in [-0.4, -0.2) is 6.04 Å². The fourth-order valence-corrected chi connectivity index (χ4v) is 3.28. The molecular weight excluding hydrogens is 267 g/mol. The summed E-state index contributed by atoms with van der Waals surface area (Å²) < 4.78 is 0. The van der Waals surface area contributed by atoms with Gasteiger partial charge in [-0.1, -0.05) is 49.9 Å². The Bertz CT molecular complexity index is 420. The number of benzene rings is 1. The molecule has 0 amide bonds. The van der Waals surface area contributed by atoms with Gasteiger partial charge in [0.25, 0.3) is 0 Å². The van der Waals surface area contributed by atoms with Gasteiger partial charge in [0.2, 0.25) is 0 Å². The minimum atomic E-state index is 0.270. The minimum absolute atomic E-state index is 0.270. The van der Waals surface area contributed by atoms with Crippen LogP contribution in [0, 0.1) is 5.41 Å². The third kappa shape index (κ3) is 2.86. The maximum atomic E-state index is 6.22. The number of nitrogens with one attached hydrogen (secondary N) is 1. The van der Waals surface area contributed by atoms with Gasteiger partial charge >= 0.3 is 0 Å². The predicted molar refractivity (Wildman–Crippen MR) is 80.5 cm³/mol. The van der Waals surface area contributed by atoms with Crippen LogP contribution in [0.2, 0.25) is 10.0 Å². The maximum absolute atomic E-state index is 6.22. The Morgan fingerprint density at radius 3 is 2.39 bits per heavy atom. The van der Waals surface area contributed by atoms with Gasteiger partial charge in [-0.3, -0.25) is 0 Å². The zero-order valence-electron chi connectivity index (χ0n) is 10.9. The molecule has 0 spiro atoms. The topological polar surface area (TPSA) is 38.0 Å². The molecule has 0 bridgehead atoms. The lowest BCUT2D eigenvalue weighted by molar-refractivity contribution is 0.217. The summed E-state index contributed by atoms with van der Waals surface area (Å²) in [5.74, 6) is 0. The summed E-state index contributed by atoms with van der Waals surface area (Å²) in [7, 11) is 0. The average Bonchev–Trinajstić information content (AvgIpc) is 2.24. The van der Waals surface area contributed by atoms with Crippen molar-refractivity contribution in [1.29, 1.82) is 0 Å². The molecule has 1 fully saturated rings. The lowest BCUT2D eigenvalue weighted by Gasteiger charge is -2.40. The Labute approximate surface area is 119 Å². The molecular formula is C14H20Cl2N2. The van der Waals surface area contributed by atoms with E-state index in [1.807, 2.05) is 0 Å². The molecule has 0 saturated heterocycles. The van der Waals surface area contributed by atoms with Gasteiger partial charge in [-0.15, -0.1) is 0 Å². The van der Waals surface area contributed by atoms with E-state index in [1.165, 1.54) is 19.3 Å². The monoisotopic (exact) mass is 286 g/mol. The molecule has 1 aromatic carbocycles. The first-order valence-corrected chi connectivity index (χ1v) is 7.17. The van der Waals surface area contributed by atoms with E-state index < -0.39 is 0 Å². The van der Waals surface area contributed by atoms with Gasteiger partial charge < -0.3 is 11.1 Å².